The number of nitrogens with one attached hydrogen (secondary N) is 1. The van der Waals surface area contributed by atoms with E-state index in [1.807, 2.05) is 0 Å². The first-order valence-electron chi connectivity index (χ1n) is 8.47. The number of alkyl halides is 3. The van der Waals surface area contributed by atoms with Crippen molar-refractivity contribution in [1.82, 2.24) is 14.3 Å². The van der Waals surface area contributed by atoms with Crippen molar-refractivity contribution in [3.05, 3.63) is 66.1 Å². The van der Waals surface area contributed by atoms with Crippen molar-refractivity contribution in [3.63, 3.8) is 0 Å². The summed E-state index contributed by atoms with van der Waals surface area (Å²) in [4.78, 5) is 4.49. The van der Waals surface area contributed by atoms with Gasteiger partial charge in [0, 0.05) is 23.7 Å². The highest BCUT2D eigenvalue weighted by molar-refractivity contribution is 8.00. The summed E-state index contributed by atoms with van der Waals surface area (Å²) in [5.41, 5.74) is -1.73. The lowest BCUT2D eigenvalue weighted by Gasteiger charge is -2.12. The number of halogens is 3. The van der Waals surface area contributed by atoms with Gasteiger partial charge in [0.1, 0.15) is 0 Å². The van der Waals surface area contributed by atoms with E-state index in [0.29, 0.717) is 23.2 Å². The van der Waals surface area contributed by atoms with Gasteiger partial charge in [-0.25, -0.2) is 18.1 Å². The van der Waals surface area contributed by atoms with Gasteiger partial charge in [0.2, 0.25) is 10.0 Å². The van der Waals surface area contributed by atoms with Gasteiger partial charge in [-0.3, -0.25) is 0 Å². The fourth-order valence-corrected chi connectivity index (χ4v) is 4.24. The van der Waals surface area contributed by atoms with E-state index in [1.165, 1.54) is 31.3 Å². The Kier molecular flexibility index (Phi) is 6.06. The third-order valence-electron chi connectivity index (χ3n) is 4.17. The smallest absolute Gasteiger partial charge is 0.340 e. The molecule has 5 nitrogen and oxygen atoms in total. The molecular weight excluding hydrogens is 423 g/mol. The molecule has 0 radical (unpaired) electrons. The average molecular weight is 442 g/mol. The van der Waals surface area contributed by atoms with E-state index in [4.69, 9.17) is 0 Å². The van der Waals surface area contributed by atoms with Crippen LogP contribution in [0.1, 0.15) is 11.1 Å². The van der Waals surface area contributed by atoms with Gasteiger partial charge >= 0.3 is 5.51 Å². The van der Waals surface area contributed by atoms with Crippen molar-refractivity contribution >= 4 is 21.8 Å². The Bertz CT molecular complexity index is 1130. The standard InChI is InChI=1S/C19H18F3N3O2S2/c1-23-29(26,27)16-7-6-14(17(10-16)18-11-25(2)12-24-18)8-13-4-3-5-15(9-13)28-19(20,21)22/h3-7,9-12,23H,8H2,1-2H3. The fourth-order valence-electron chi connectivity index (χ4n) is 2.86. The van der Waals surface area contributed by atoms with Gasteiger partial charge in [0.25, 0.3) is 0 Å². The third kappa shape index (κ3) is 5.40. The van der Waals surface area contributed by atoms with E-state index in [1.54, 1.807) is 42.3 Å². The number of aromatic nitrogens is 2. The highest BCUT2D eigenvalue weighted by atomic mass is 32.2. The van der Waals surface area contributed by atoms with Crippen LogP contribution in [0.15, 0.2) is 64.8 Å². The number of aryl methyl sites for hydroxylation is 1. The molecule has 0 fully saturated rings. The number of rotatable bonds is 6. The van der Waals surface area contributed by atoms with E-state index < -0.39 is 15.5 Å². The molecule has 1 aromatic heterocycles. The number of benzene rings is 2. The lowest BCUT2D eigenvalue weighted by molar-refractivity contribution is -0.0328. The zero-order valence-corrected chi connectivity index (χ0v) is 17.2. The molecule has 2 aromatic carbocycles. The van der Waals surface area contributed by atoms with Crippen LogP contribution in [0, 0.1) is 0 Å². The lowest BCUT2D eigenvalue weighted by atomic mass is 9.98. The van der Waals surface area contributed by atoms with E-state index in [9.17, 15) is 21.6 Å². The molecule has 10 heteroatoms. The van der Waals surface area contributed by atoms with Crippen LogP contribution in [0.2, 0.25) is 0 Å². The summed E-state index contributed by atoms with van der Waals surface area (Å²) in [7, 11) is -0.531. The van der Waals surface area contributed by atoms with Crippen molar-refractivity contribution in [2.75, 3.05) is 7.05 Å². The molecule has 0 unspecified atom stereocenters. The van der Waals surface area contributed by atoms with Crippen LogP contribution in [-0.4, -0.2) is 30.5 Å². The predicted octanol–water partition coefficient (Wildman–Crippen LogP) is 4.20. The highest BCUT2D eigenvalue weighted by Crippen LogP contribution is 2.37. The minimum atomic E-state index is -4.36. The molecule has 0 saturated heterocycles. The molecule has 1 heterocycles. The highest BCUT2D eigenvalue weighted by Gasteiger charge is 2.29. The summed E-state index contributed by atoms with van der Waals surface area (Å²) in [6.07, 6.45) is 3.68. The maximum atomic E-state index is 12.7. The second-order valence-electron chi connectivity index (χ2n) is 6.32. The second-order valence-corrected chi connectivity index (χ2v) is 9.35. The van der Waals surface area contributed by atoms with Gasteiger partial charge in [0.15, 0.2) is 0 Å². The SMILES string of the molecule is CNS(=O)(=O)c1ccc(Cc2cccc(SC(F)(F)F)c2)c(-c2cn(C)cn2)c1. The Morgan fingerprint density at radius 2 is 1.93 bits per heavy atom. The Hall–Kier alpha value is -2.30. The minimum absolute atomic E-state index is 0.0887. The van der Waals surface area contributed by atoms with Crippen molar-refractivity contribution in [3.8, 4) is 11.3 Å². The molecule has 0 bridgehead atoms. The number of thioether (sulfide) groups is 1. The molecular formula is C19H18F3N3O2S2. The predicted molar refractivity (Wildman–Crippen MR) is 106 cm³/mol. The zero-order chi connectivity index (χ0) is 21.2. The Balaban J connectivity index is 2.02. The van der Waals surface area contributed by atoms with E-state index in [2.05, 4.69) is 9.71 Å². The molecule has 29 heavy (non-hydrogen) atoms. The van der Waals surface area contributed by atoms with Gasteiger partial charge < -0.3 is 4.57 Å². The van der Waals surface area contributed by atoms with Gasteiger partial charge in [-0.15, -0.1) is 0 Å². The minimum Gasteiger partial charge on any atom is -0.340 e. The van der Waals surface area contributed by atoms with E-state index >= 15 is 0 Å². The third-order valence-corrected chi connectivity index (χ3v) is 6.30. The maximum absolute atomic E-state index is 12.7. The Morgan fingerprint density at radius 1 is 1.17 bits per heavy atom. The van der Waals surface area contributed by atoms with E-state index in [-0.39, 0.29) is 21.6 Å². The first-order valence-corrected chi connectivity index (χ1v) is 10.8. The Labute approximate surface area is 171 Å². The summed E-state index contributed by atoms with van der Waals surface area (Å²) >= 11 is -0.165. The summed E-state index contributed by atoms with van der Waals surface area (Å²) < 4.78 is 66.4. The number of hydrogen-bond donors (Lipinski definition) is 1. The first kappa shape index (κ1) is 21.4. The quantitative estimate of drug-likeness (QED) is 0.583. The maximum Gasteiger partial charge on any atom is 0.446 e. The second kappa shape index (κ2) is 8.21. The van der Waals surface area contributed by atoms with Gasteiger partial charge in [-0.05, 0) is 60.6 Å². The van der Waals surface area contributed by atoms with Crippen molar-refractivity contribution < 1.29 is 21.6 Å². The van der Waals surface area contributed by atoms with Crippen LogP contribution in [0.3, 0.4) is 0 Å². The van der Waals surface area contributed by atoms with Crippen LogP contribution in [0.4, 0.5) is 13.2 Å². The summed E-state index contributed by atoms with van der Waals surface area (Å²) in [6, 6.07) is 10.9. The first-order chi connectivity index (χ1) is 13.6. The molecule has 0 spiro atoms. The molecule has 0 saturated carbocycles. The van der Waals surface area contributed by atoms with Crippen LogP contribution >= 0.6 is 11.8 Å². The van der Waals surface area contributed by atoms with Crippen molar-refractivity contribution in [2.45, 2.75) is 21.7 Å². The van der Waals surface area contributed by atoms with Crippen molar-refractivity contribution in [1.29, 1.82) is 0 Å². The summed E-state index contributed by atoms with van der Waals surface area (Å²) in [5.74, 6) is 0. The van der Waals surface area contributed by atoms with Crippen LogP contribution in [0.25, 0.3) is 11.3 Å². The zero-order valence-electron chi connectivity index (χ0n) is 15.6. The van der Waals surface area contributed by atoms with Gasteiger partial charge in [0.05, 0.1) is 16.9 Å². The average Bonchev–Trinajstić information content (AvgIpc) is 3.07. The molecule has 0 amide bonds. The molecule has 0 aliphatic rings. The monoisotopic (exact) mass is 441 g/mol. The number of imidazole rings is 1. The Morgan fingerprint density at radius 3 is 2.55 bits per heavy atom. The molecule has 154 valence electrons. The fraction of sp³-hybridized carbons (Fsp3) is 0.211. The molecule has 0 atom stereocenters. The lowest BCUT2D eigenvalue weighted by Crippen LogP contribution is -2.18. The molecule has 3 aromatic rings. The molecule has 0 aliphatic carbocycles. The van der Waals surface area contributed by atoms with Crippen LogP contribution in [0.5, 0.6) is 0 Å². The normalized spacial score (nSPS) is 12.3. The van der Waals surface area contributed by atoms with E-state index in [0.717, 1.165) is 5.56 Å². The topological polar surface area (TPSA) is 64.0 Å². The number of sulfonamides is 1. The largest absolute Gasteiger partial charge is 0.446 e. The van der Waals surface area contributed by atoms with Crippen LogP contribution < -0.4 is 4.72 Å². The van der Waals surface area contributed by atoms with Crippen LogP contribution in [-0.2, 0) is 23.5 Å². The molecule has 0 aliphatic heterocycles. The van der Waals surface area contributed by atoms with Crippen molar-refractivity contribution in [2.24, 2.45) is 7.05 Å². The number of hydrogen-bond acceptors (Lipinski definition) is 4. The number of nitrogens with zero attached hydrogens (tertiary/aromatic N) is 2. The van der Waals surface area contributed by atoms with Gasteiger partial charge in [-0.2, -0.15) is 13.2 Å². The summed E-state index contributed by atoms with van der Waals surface area (Å²) in [5, 5.41) is 0. The molecule has 3 rings (SSSR count). The molecule has 1 N–H and O–H groups in total. The summed E-state index contributed by atoms with van der Waals surface area (Å²) in [6.45, 7) is 0. The van der Waals surface area contributed by atoms with Gasteiger partial charge in [-0.1, -0.05) is 18.2 Å².